The number of benzene rings is 1. The molecule has 0 unspecified atom stereocenters. The van der Waals surface area contributed by atoms with Gasteiger partial charge in [0.15, 0.2) is 12.4 Å². The maximum absolute atomic E-state index is 4.38. The lowest BCUT2D eigenvalue weighted by atomic mass is 10.1. The van der Waals surface area contributed by atoms with Gasteiger partial charge in [0, 0.05) is 19.9 Å². The molecule has 2 aliphatic rings. The van der Waals surface area contributed by atoms with Gasteiger partial charge in [-0.3, -0.25) is 0 Å². The molecule has 1 aromatic carbocycles. The second-order valence-electron chi connectivity index (χ2n) is 4.88. The Bertz CT molecular complexity index is 650. The third-order valence-corrected chi connectivity index (χ3v) is 3.71. The van der Waals surface area contributed by atoms with Gasteiger partial charge in [-0.15, -0.1) is 0 Å². The Hall–Kier alpha value is -2.10. The Morgan fingerprint density at radius 1 is 1.21 bits per heavy atom. The molecular weight excluding hydrogens is 236 g/mol. The zero-order valence-corrected chi connectivity index (χ0v) is 11.5. The predicted molar refractivity (Wildman–Crippen MR) is 79.1 cm³/mol. The van der Waals surface area contributed by atoms with E-state index in [0.29, 0.717) is 0 Å². The highest BCUT2D eigenvalue weighted by atomic mass is 15.2. The van der Waals surface area contributed by atoms with Crippen LogP contribution in [0.2, 0.25) is 0 Å². The van der Waals surface area contributed by atoms with E-state index in [1.54, 1.807) is 0 Å². The van der Waals surface area contributed by atoms with Crippen LogP contribution in [0.1, 0.15) is 19.4 Å². The molecule has 0 N–H and O–H groups in total. The molecule has 0 radical (unpaired) electrons. The molecule has 0 aromatic heterocycles. The molecule has 0 fully saturated rings. The second kappa shape index (κ2) is 4.53. The second-order valence-corrected chi connectivity index (χ2v) is 4.88. The Kier molecular flexibility index (Phi) is 2.85. The van der Waals surface area contributed by atoms with E-state index in [4.69, 9.17) is 0 Å². The molecule has 96 valence electrons. The van der Waals surface area contributed by atoms with Crippen molar-refractivity contribution in [2.24, 2.45) is 9.98 Å². The average molecular weight is 254 g/mol. The molecule has 3 rings (SSSR count). The molecule has 2 aliphatic heterocycles. The van der Waals surface area contributed by atoms with Crippen molar-refractivity contribution in [3.8, 4) is 0 Å². The van der Waals surface area contributed by atoms with Crippen LogP contribution in [0.5, 0.6) is 0 Å². The highest BCUT2D eigenvalue weighted by molar-refractivity contribution is 6.14. The lowest BCUT2D eigenvalue weighted by molar-refractivity contribution is -0.469. The lowest BCUT2D eigenvalue weighted by Crippen LogP contribution is -2.15. The van der Waals surface area contributed by atoms with E-state index in [9.17, 15) is 0 Å². The first kappa shape index (κ1) is 12.0. The molecule has 2 heterocycles. The summed E-state index contributed by atoms with van der Waals surface area (Å²) in [5.41, 5.74) is 3.70. The van der Waals surface area contributed by atoms with Crippen molar-refractivity contribution >= 4 is 35.9 Å². The SMILES string of the molecule is CC1=[N+](c2cccc([N+]3=CC=N[C@H]3C)c2C)CC=N1. The highest BCUT2D eigenvalue weighted by Crippen LogP contribution is 2.29. The van der Waals surface area contributed by atoms with Crippen molar-refractivity contribution in [2.45, 2.75) is 26.9 Å². The minimum Gasteiger partial charge on any atom is -0.220 e. The molecule has 0 saturated carbocycles. The topological polar surface area (TPSA) is 30.7 Å². The maximum atomic E-state index is 4.38. The number of hydrogen-bond acceptors (Lipinski definition) is 2. The summed E-state index contributed by atoms with van der Waals surface area (Å²) < 4.78 is 4.44. The quantitative estimate of drug-likeness (QED) is 0.725. The molecule has 4 nitrogen and oxygen atoms in total. The summed E-state index contributed by atoms with van der Waals surface area (Å²) in [6.45, 7) is 7.16. The van der Waals surface area contributed by atoms with Gasteiger partial charge in [-0.25, -0.2) is 9.57 Å². The van der Waals surface area contributed by atoms with E-state index in [1.165, 1.54) is 16.9 Å². The summed E-state index contributed by atoms with van der Waals surface area (Å²) in [5.74, 6) is 1.05. The van der Waals surface area contributed by atoms with Crippen molar-refractivity contribution in [3.63, 3.8) is 0 Å². The summed E-state index contributed by atoms with van der Waals surface area (Å²) in [6.07, 6.45) is 6.03. The predicted octanol–water partition coefficient (Wildman–Crippen LogP) is 2.29. The number of aliphatic imine (C=N–C) groups is 2. The van der Waals surface area contributed by atoms with Gasteiger partial charge in [0.1, 0.15) is 12.2 Å². The number of amidine groups is 1. The smallest absolute Gasteiger partial charge is 0.220 e. The lowest BCUT2D eigenvalue weighted by Gasteiger charge is -2.09. The Labute approximate surface area is 113 Å². The highest BCUT2D eigenvalue weighted by Gasteiger charge is 2.26. The van der Waals surface area contributed by atoms with Gasteiger partial charge in [0.05, 0.1) is 11.8 Å². The number of rotatable bonds is 2. The Morgan fingerprint density at radius 3 is 2.63 bits per heavy atom. The van der Waals surface area contributed by atoms with Gasteiger partial charge in [-0.2, -0.15) is 4.58 Å². The Balaban J connectivity index is 2.08. The number of hydrogen-bond donors (Lipinski definition) is 0. The van der Waals surface area contributed by atoms with Gasteiger partial charge in [0.2, 0.25) is 11.9 Å². The zero-order valence-electron chi connectivity index (χ0n) is 11.5. The van der Waals surface area contributed by atoms with E-state index in [1.807, 2.05) is 25.6 Å². The van der Waals surface area contributed by atoms with Crippen LogP contribution in [0.3, 0.4) is 0 Å². The van der Waals surface area contributed by atoms with E-state index in [2.05, 4.69) is 51.2 Å². The van der Waals surface area contributed by atoms with Crippen LogP contribution in [-0.4, -0.2) is 46.3 Å². The fourth-order valence-corrected chi connectivity index (χ4v) is 2.63. The van der Waals surface area contributed by atoms with Crippen molar-refractivity contribution in [3.05, 3.63) is 23.8 Å². The fraction of sp³-hybridized carbons (Fsp3) is 0.333. The third kappa shape index (κ3) is 1.93. The summed E-state index contributed by atoms with van der Waals surface area (Å²) >= 11 is 0. The average Bonchev–Trinajstić information content (AvgIpc) is 2.99. The third-order valence-electron chi connectivity index (χ3n) is 3.71. The molecule has 19 heavy (non-hydrogen) atoms. The van der Waals surface area contributed by atoms with Crippen molar-refractivity contribution in [1.82, 2.24) is 0 Å². The van der Waals surface area contributed by atoms with Gasteiger partial charge in [0.25, 0.3) is 5.84 Å². The van der Waals surface area contributed by atoms with E-state index < -0.39 is 0 Å². The van der Waals surface area contributed by atoms with E-state index >= 15 is 0 Å². The largest absolute Gasteiger partial charge is 0.295 e. The van der Waals surface area contributed by atoms with E-state index in [-0.39, 0.29) is 6.17 Å². The summed E-state index contributed by atoms with van der Waals surface area (Å²) in [6, 6.07) is 6.40. The monoisotopic (exact) mass is 254 g/mol. The molecule has 0 saturated heterocycles. The summed E-state index contributed by atoms with van der Waals surface area (Å²) in [4.78, 5) is 8.73. The van der Waals surface area contributed by atoms with Crippen LogP contribution in [0.15, 0.2) is 28.2 Å². The van der Waals surface area contributed by atoms with Crippen molar-refractivity contribution < 1.29 is 9.15 Å². The Morgan fingerprint density at radius 2 is 2.00 bits per heavy atom. The van der Waals surface area contributed by atoms with Crippen molar-refractivity contribution in [2.75, 3.05) is 6.54 Å². The normalized spacial score (nSPS) is 21.4. The van der Waals surface area contributed by atoms with Crippen LogP contribution in [-0.2, 0) is 0 Å². The minimum atomic E-state index is 0.175. The molecular formula is C15H18N4+2. The minimum absolute atomic E-state index is 0.175. The first-order valence-corrected chi connectivity index (χ1v) is 6.56. The van der Waals surface area contributed by atoms with Crippen LogP contribution in [0, 0.1) is 6.92 Å². The van der Waals surface area contributed by atoms with Crippen LogP contribution in [0.25, 0.3) is 0 Å². The molecule has 0 bridgehead atoms. The van der Waals surface area contributed by atoms with Crippen LogP contribution < -0.4 is 0 Å². The standard InChI is InChI=1S/C15H18N4/c1-11-14(18-9-7-16-12(18)2)5-4-6-15(11)19-10-8-17-13(19)3/h4-9,12H,10H2,1-3H3/q+2/t12-/m1/s1. The van der Waals surface area contributed by atoms with Gasteiger partial charge >= 0.3 is 0 Å². The van der Waals surface area contributed by atoms with Crippen molar-refractivity contribution in [1.29, 1.82) is 0 Å². The first-order chi connectivity index (χ1) is 9.18. The molecule has 0 aliphatic carbocycles. The van der Waals surface area contributed by atoms with Gasteiger partial charge in [-0.05, 0) is 13.0 Å². The molecule has 4 heteroatoms. The zero-order chi connectivity index (χ0) is 13.4. The first-order valence-electron chi connectivity index (χ1n) is 6.56. The molecule has 1 atom stereocenters. The number of nitrogens with zero attached hydrogens (tertiary/aromatic N) is 4. The summed E-state index contributed by atoms with van der Waals surface area (Å²) in [5, 5.41) is 0. The van der Waals surface area contributed by atoms with Crippen LogP contribution in [0.4, 0.5) is 11.4 Å². The maximum Gasteiger partial charge on any atom is 0.295 e. The fourth-order valence-electron chi connectivity index (χ4n) is 2.63. The van der Waals surface area contributed by atoms with Gasteiger partial charge in [-0.1, -0.05) is 11.1 Å². The summed E-state index contributed by atoms with van der Waals surface area (Å²) in [7, 11) is 0. The van der Waals surface area contributed by atoms with E-state index in [0.717, 1.165) is 12.4 Å². The molecule has 0 spiro atoms. The van der Waals surface area contributed by atoms with Gasteiger partial charge < -0.3 is 0 Å². The molecule has 1 aromatic rings. The molecule has 0 amide bonds. The van der Waals surface area contributed by atoms with Crippen LogP contribution >= 0.6 is 0 Å².